The second kappa shape index (κ2) is 10.1. The third-order valence-corrected chi connectivity index (χ3v) is 5.58. The van der Waals surface area contributed by atoms with Crippen LogP contribution in [0.2, 0.25) is 0 Å². The summed E-state index contributed by atoms with van der Waals surface area (Å²) in [6, 6.07) is 12.3. The number of esters is 1. The molecule has 0 unspecified atom stereocenters. The number of benzene rings is 2. The number of hydrogen-bond donors (Lipinski definition) is 0. The van der Waals surface area contributed by atoms with E-state index in [0.29, 0.717) is 12.2 Å². The Kier molecular flexibility index (Phi) is 7.78. The summed E-state index contributed by atoms with van der Waals surface area (Å²) >= 11 is 0. The highest BCUT2D eigenvalue weighted by atomic mass is 16.5. The van der Waals surface area contributed by atoms with Crippen LogP contribution in [0.25, 0.3) is 5.57 Å². The van der Waals surface area contributed by atoms with Gasteiger partial charge in [-0.25, -0.2) is 4.79 Å². The molecule has 0 aromatic heterocycles. The Hall–Kier alpha value is -2.87. The van der Waals surface area contributed by atoms with Crippen LogP contribution in [0, 0.1) is 13.8 Å². The van der Waals surface area contributed by atoms with E-state index in [9.17, 15) is 4.79 Å². The minimum Gasteiger partial charge on any atom is -0.462 e. The zero-order chi connectivity index (χ0) is 21.6. The number of carbonyl (C=O) groups is 1. The first-order chi connectivity index (χ1) is 13.8. The molecule has 29 heavy (non-hydrogen) atoms. The van der Waals surface area contributed by atoms with E-state index in [-0.39, 0.29) is 5.97 Å². The Morgan fingerprint density at radius 2 is 1.72 bits per heavy atom. The fourth-order valence-corrected chi connectivity index (χ4v) is 3.81. The molecule has 0 saturated heterocycles. The quantitative estimate of drug-likeness (QED) is 0.377. The largest absolute Gasteiger partial charge is 0.462 e. The van der Waals surface area contributed by atoms with Crippen LogP contribution < -0.4 is 0 Å². The molecule has 2 aromatic carbocycles. The standard InChI is InChI=1S/C27H32O2/c1-8-22(9-2)19(5)20(6)26-18(4)13-11-15-24(26)17-23-14-12-16-25(21(23)7)27(28)29-10-3/h8-9,11-16H,1,10,17H2,2-7H3/b20-19+,22-9+. The molecular weight excluding hydrogens is 356 g/mol. The van der Waals surface area contributed by atoms with Crippen molar-refractivity contribution < 1.29 is 9.53 Å². The number of allylic oxidation sites excluding steroid dienone is 5. The molecular formula is C27H32O2. The summed E-state index contributed by atoms with van der Waals surface area (Å²) in [6.07, 6.45) is 4.76. The van der Waals surface area contributed by atoms with Gasteiger partial charge in [-0.15, -0.1) is 0 Å². The van der Waals surface area contributed by atoms with Gasteiger partial charge in [0.05, 0.1) is 12.2 Å². The molecule has 0 saturated carbocycles. The van der Waals surface area contributed by atoms with E-state index in [0.717, 1.165) is 23.1 Å². The summed E-state index contributed by atoms with van der Waals surface area (Å²) < 4.78 is 5.22. The van der Waals surface area contributed by atoms with E-state index in [1.165, 1.54) is 27.8 Å². The Labute approximate surface area is 175 Å². The van der Waals surface area contributed by atoms with E-state index < -0.39 is 0 Å². The number of aryl methyl sites for hydroxylation is 1. The van der Waals surface area contributed by atoms with Gasteiger partial charge in [0.15, 0.2) is 0 Å². The summed E-state index contributed by atoms with van der Waals surface area (Å²) in [5, 5.41) is 0. The van der Waals surface area contributed by atoms with Gasteiger partial charge in [0.1, 0.15) is 0 Å². The second-order valence-corrected chi connectivity index (χ2v) is 7.29. The first-order valence-electron chi connectivity index (χ1n) is 10.2. The predicted molar refractivity (Wildman–Crippen MR) is 123 cm³/mol. The van der Waals surface area contributed by atoms with Gasteiger partial charge in [0, 0.05) is 0 Å². The zero-order valence-corrected chi connectivity index (χ0v) is 18.6. The highest BCUT2D eigenvalue weighted by Gasteiger charge is 2.16. The van der Waals surface area contributed by atoms with E-state index in [4.69, 9.17) is 4.74 Å². The lowest BCUT2D eigenvalue weighted by molar-refractivity contribution is 0.0525. The Bertz CT molecular complexity index is 974. The van der Waals surface area contributed by atoms with Crippen molar-refractivity contribution in [1.29, 1.82) is 0 Å². The van der Waals surface area contributed by atoms with Crippen molar-refractivity contribution in [2.45, 2.75) is 48.0 Å². The average molecular weight is 389 g/mol. The van der Waals surface area contributed by atoms with E-state index in [1.54, 1.807) is 0 Å². The molecule has 0 fully saturated rings. The summed E-state index contributed by atoms with van der Waals surface area (Å²) in [4.78, 5) is 12.3. The maximum atomic E-state index is 12.3. The van der Waals surface area contributed by atoms with Crippen LogP contribution in [0.15, 0.2) is 66.3 Å². The molecule has 0 heterocycles. The summed E-state index contributed by atoms with van der Waals surface area (Å²) in [6.45, 7) is 16.7. The van der Waals surface area contributed by atoms with Crippen LogP contribution in [-0.4, -0.2) is 12.6 Å². The smallest absolute Gasteiger partial charge is 0.338 e. The van der Waals surface area contributed by atoms with Crippen LogP contribution in [0.3, 0.4) is 0 Å². The lowest BCUT2D eigenvalue weighted by Crippen LogP contribution is -2.09. The molecule has 0 spiro atoms. The molecule has 0 aliphatic carbocycles. The van der Waals surface area contributed by atoms with Gasteiger partial charge >= 0.3 is 5.97 Å². The summed E-state index contributed by atoms with van der Waals surface area (Å²) in [5.74, 6) is -0.257. The zero-order valence-electron chi connectivity index (χ0n) is 18.6. The Balaban J connectivity index is 2.56. The molecule has 152 valence electrons. The molecule has 0 radical (unpaired) electrons. The predicted octanol–water partition coefficient (Wildman–Crippen LogP) is 7.00. The average Bonchev–Trinajstić information content (AvgIpc) is 2.70. The van der Waals surface area contributed by atoms with Crippen LogP contribution in [0.1, 0.15) is 65.9 Å². The van der Waals surface area contributed by atoms with Crippen molar-refractivity contribution in [3.8, 4) is 0 Å². The van der Waals surface area contributed by atoms with Crippen LogP contribution in [0.5, 0.6) is 0 Å². The van der Waals surface area contributed by atoms with Crippen molar-refractivity contribution in [2.75, 3.05) is 6.61 Å². The van der Waals surface area contributed by atoms with Crippen LogP contribution >= 0.6 is 0 Å². The first-order valence-corrected chi connectivity index (χ1v) is 10.2. The SMILES string of the molecule is C=CC(=C\C)/C(C)=C(\C)c1c(C)cccc1Cc1cccc(C(=O)OCC)c1C. The van der Waals surface area contributed by atoms with Crippen molar-refractivity contribution in [1.82, 2.24) is 0 Å². The fourth-order valence-electron chi connectivity index (χ4n) is 3.81. The van der Waals surface area contributed by atoms with Gasteiger partial charge in [-0.1, -0.05) is 49.1 Å². The van der Waals surface area contributed by atoms with Gasteiger partial charge in [0.2, 0.25) is 0 Å². The maximum Gasteiger partial charge on any atom is 0.338 e. The molecule has 0 bridgehead atoms. The van der Waals surface area contributed by atoms with Gasteiger partial charge < -0.3 is 4.74 Å². The topological polar surface area (TPSA) is 26.3 Å². The van der Waals surface area contributed by atoms with Crippen molar-refractivity contribution >= 4 is 11.5 Å². The fraction of sp³-hybridized carbons (Fsp3) is 0.296. The van der Waals surface area contributed by atoms with Crippen molar-refractivity contribution in [3.63, 3.8) is 0 Å². The molecule has 2 rings (SSSR count). The third kappa shape index (κ3) is 4.95. The molecule has 0 atom stereocenters. The number of rotatable bonds is 7. The van der Waals surface area contributed by atoms with Crippen LogP contribution in [-0.2, 0) is 11.2 Å². The maximum absolute atomic E-state index is 12.3. The lowest BCUT2D eigenvalue weighted by Gasteiger charge is -2.18. The normalized spacial score (nSPS) is 12.4. The summed E-state index contributed by atoms with van der Waals surface area (Å²) in [5.41, 5.74) is 10.2. The van der Waals surface area contributed by atoms with Gasteiger partial charge in [-0.2, -0.15) is 0 Å². The molecule has 2 nitrogen and oxygen atoms in total. The van der Waals surface area contributed by atoms with Crippen molar-refractivity contribution in [2.24, 2.45) is 0 Å². The molecule has 0 aliphatic rings. The Morgan fingerprint density at radius 1 is 1.07 bits per heavy atom. The minimum absolute atomic E-state index is 0.257. The van der Waals surface area contributed by atoms with Gasteiger partial charge in [-0.3, -0.25) is 0 Å². The van der Waals surface area contributed by atoms with E-state index in [1.807, 2.05) is 39.0 Å². The monoisotopic (exact) mass is 388 g/mol. The second-order valence-electron chi connectivity index (χ2n) is 7.29. The van der Waals surface area contributed by atoms with E-state index in [2.05, 4.69) is 57.7 Å². The number of carbonyl (C=O) groups excluding carboxylic acids is 1. The number of hydrogen-bond acceptors (Lipinski definition) is 2. The summed E-state index contributed by atoms with van der Waals surface area (Å²) in [7, 11) is 0. The third-order valence-electron chi connectivity index (χ3n) is 5.58. The minimum atomic E-state index is -0.257. The van der Waals surface area contributed by atoms with Gasteiger partial charge in [-0.05, 0) is 98.6 Å². The molecule has 0 N–H and O–H groups in total. The Morgan fingerprint density at radius 3 is 2.34 bits per heavy atom. The first kappa shape index (κ1) is 22.4. The molecule has 0 aliphatic heterocycles. The van der Waals surface area contributed by atoms with E-state index >= 15 is 0 Å². The van der Waals surface area contributed by atoms with Crippen LogP contribution in [0.4, 0.5) is 0 Å². The highest BCUT2D eigenvalue weighted by Crippen LogP contribution is 2.31. The van der Waals surface area contributed by atoms with Crippen molar-refractivity contribution in [3.05, 3.63) is 99.7 Å². The molecule has 2 aromatic rings. The lowest BCUT2D eigenvalue weighted by atomic mass is 9.87. The molecule has 2 heteroatoms. The highest BCUT2D eigenvalue weighted by molar-refractivity contribution is 5.91. The molecule has 0 amide bonds. The van der Waals surface area contributed by atoms with Gasteiger partial charge in [0.25, 0.3) is 0 Å². The number of ether oxygens (including phenoxy) is 1.